The number of carbonyl (C=O) groups is 3. The summed E-state index contributed by atoms with van der Waals surface area (Å²) in [4.78, 5) is 44.1. The van der Waals surface area contributed by atoms with Crippen LogP contribution in [0.15, 0.2) is 49.6 Å². The van der Waals surface area contributed by atoms with E-state index in [1.807, 2.05) is 6.92 Å². The van der Waals surface area contributed by atoms with Crippen molar-refractivity contribution in [2.75, 3.05) is 24.7 Å². The quantitative estimate of drug-likeness (QED) is 0.390. The van der Waals surface area contributed by atoms with Crippen LogP contribution in [0.1, 0.15) is 26.2 Å². The summed E-state index contributed by atoms with van der Waals surface area (Å²) in [5, 5.41) is 10.7. The maximum atomic E-state index is 14.2. The zero-order chi connectivity index (χ0) is 25.3. The number of amides is 2. The second kappa shape index (κ2) is 10.1. The van der Waals surface area contributed by atoms with Gasteiger partial charge in [0.25, 0.3) is 5.91 Å². The van der Waals surface area contributed by atoms with Crippen molar-refractivity contribution in [2.45, 2.75) is 50.0 Å². The van der Waals surface area contributed by atoms with E-state index < -0.39 is 41.6 Å². The minimum Gasteiger partial charge on any atom is -0.461 e. The minimum atomic E-state index is -1.18. The molecule has 1 spiro atoms. The number of rotatable bonds is 10. The average Bonchev–Trinajstić information content (AvgIpc) is 3.50. The van der Waals surface area contributed by atoms with Crippen LogP contribution in [0.25, 0.3) is 0 Å². The first-order chi connectivity index (χ1) is 16.8. The first-order valence-corrected chi connectivity index (χ1v) is 12.3. The standard InChI is InChI=1S/C26H31ClN2O6/c1-4-13-28(18-9-7-16(27)8-10-18)24(32)22-26-12-11-19(35-26)20(25(33)34-14-5-2)21(26)23(31)29(22)17(6-3)15-30/h4-5,7-10,17,19-22,30H,1-2,6,11-15H2,3H3/t17-,19-,20+,21-,22?,26?/m0/s1. The predicted molar refractivity (Wildman–Crippen MR) is 131 cm³/mol. The molecule has 188 valence electrons. The van der Waals surface area contributed by atoms with Crippen LogP contribution < -0.4 is 4.90 Å². The Labute approximate surface area is 210 Å². The second-order valence-corrected chi connectivity index (χ2v) is 9.62. The smallest absolute Gasteiger partial charge is 0.312 e. The number of fused-ring (bicyclic) bond motifs is 1. The van der Waals surface area contributed by atoms with Crippen molar-refractivity contribution >= 4 is 35.1 Å². The van der Waals surface area contributed by atoms with E-state index in [9.17, 15) is 19.5 Å². The van der Waals surface area contributed by atoms with Crippen LogP contribution >= 0.6 is 11.6 Å². The van der Waals surface area contributed by atoms with Crippen molar-refractivity contribution in [2.24, 2.45) is 11.8 Å². The number of aliphatic hydroxyl groups is 1. The second-order valence-electron chi connectivity index (χ2n) is 9.18. The number of halogens is 1. The topological polar surface area (TPSA) is 96.4 Å². The van der Waals surface area contributed by atoms with Gasteiger partial charge < -0.3 is 24.4 Å². The molecule has 3 saturated heterocycles. The Morgan fingerprint density at radius 2 is 2.06 bits per heavy atom. The van der Waals surface area contributed by atoms with E-state index in [2.05, 4.69) is 13.2 Å². The molecule has 0 radical (unpaired) electrons. The zero-order valence-corrected chi connectivity index (χ0v) is 20.5. The molecule has 6 atom stereocenters. The summed E-state index contributed by atoms with van der Waals surface area (Å²) >= 11 is 6.05. The highest BCUT2D eigenvalue weighted by molar-refractivity contribution is 6.30. The number of carbonyl (C=O) groups excluding carboxylic acids is 3. The fourth-order valence-electron chi connectivity index (χ4n) is 5.90. The molecule has 0 aliphatic carbocycles. The molecule has 4 rings (SSSR count). The molecule has 3 fully saturated rings. The van der Waals surface area contributed by atoms with Gasteiger partial charge in [0.15, 0.2) is 0 Å². The maximum absolute atomic E-state index is 14.2. The summed E-state index contributed by atoms with van der Waals surface area (Å²) < 4.78 is 11.7. The Morgan fingerprint density at radius 3 is 2.66 bits per heavy atom. The molecule has 1 aromatic carbocycles. The molecule has 1 N–H and O–H groups in total. The van der Waals surface area contributed by atoms with Gasteiger partial charge in [0, 0.05) is 17.3 Å². The van der Waals surface area contributed by atoms with Gasteiger partial charge in [-0.2, -0.15) is 0 Å². The lowest BCUT2D eigenvalue weighted by Gasteiger charge is -2.39. The lowest BCUT2D eigenvalue weighted by atomic mass is 9.70. The van der Waals surface area contributed by atoms with Gasteiger partial charge in [-0.25, -0.2) is 0 Å². The molecular weight excluding hydrogens is 472 g/mol. The number of esters is 1. The molecule has 2 unspecified atom stereocenters. The van der Waals surface area contributed by atoms with E-state index in [0.29, 0.717) is 30.0 Å². The van der Waals surface area contributed by atoms with Gasteiger partial charge in [-0.1, -0.05) is 37.3 Å². The predicted octanol–water partition coefficient (Wildman–Crippen LogP) is 2.73. The van der Waals surface area contributed by atoms with Gasteiger partial charge in [-0.3, -0.25) is 14.4 Å². The van der Waals surface area contributed by atoms with Gasteiger partial charge in [0.1, 0.15) is 18.2 Å². The van der Waals surface area contributed by atoms with Crippen molar-refractivity contribution in [3.8, 4) is 0 Å². The summed E-state index contributed by atoms with van der Waals surface area (Å²) in [6, 6.07) is 5.22. The Hall–Kier alpha value is -2.68. The summed E-state index contributed by atoms with van der Waals surface area (Å²) in [6.07, 6.45) is 4.00. The molecule has 3 aliphatic heterocycles. The number of hydrogen-bond donors (Lipinski definition) is 1. The number of anilines is 1. The van der Waals surface area contributed by atoms with Crippen LogP contribution in [0.4, 0.5) is 5.69 Å². The van der Waals surface area contributed by atoms with Crippen LogP contribution in [0.5, 0.6) is 0 Å². The first kappa shape index (κ1) is 25.4. The largest absolute Gasteiger partial charge is 0.461 e. The highest BCUT2D eigenvalue weighted by atomic mass is 35.5. The van der Waals surface area contributed by atoms with E-state index in [1.54, 1.807) is 30.3 Å². The lowest BCUT2D eigenvalue weighted by Crippen LogP contribution is -2.59. The normalized spacial score (nSPS) is 29.6. The number of nitrogens with zero attached hydrogens (tertiary/aromatic N) is 2. The molecule has 3 aliphatic rings. The average molecular weight is 503 g/mol. The Balaban J connectivity index is 1.79. The zero-order valence-electron chi connectivity index (χ0n) is 19.8. The molecular formula is C26H31ClN2O6. The van der Waals surface area contributed by atoms with Crippen molar-refractivity contribution in [1.82, 2.24) is 4.90 Å². The van der Waals surface area contributed by atoms with E-state index >= 15 is 0 Å². The van der Waals surface area contributed by atoms with E-state index in [-0.39, 0.29) is 31.6 Å². The van der Waals surface area contributed by atoms with Crippen molar-refractivity contribution in [1.29, 1.82) is 0 Å². The molecule has 8 nitrogen and oxygen atoms in total. The van der Waals surface area contributed by atoms with E-state index in [4.69, 9.17) is 21.1 Å². The molecule has 35 heavy (non-hydrogen) atoms. The fraction of sp³-hybridized carbons (Fsp3) is 0.500. The number of likely N-dealkylation sites (tertiary alicyclic amines) is 1. The van der Waals surface area contributed by atoms with Gasteiger partial charge in [-0.15, -0.1) is 6.58 Å². The van der Waals surface area contributed by atoms with Gasteiger partial charge in [0.2, 0.25) is 5.91 Å². The molecule has 9 heteroatoms. The third-order valence-electron chi connectivity index (χ3n) is 7.38. The number of aliphatic hydroxyl groups excluding tert-OH is 1. The van der Waals surface area contributed by atoms with Crippen molar-refractivity contribution in [3.05, 3.63) is 54.6 Å². The molecule has 0 aromatic heterocycles. The number of hydrogen-bond acceptors (Lipinski definition) is 6. The van der Waals surface area contributed by atoms with Gasteiger partial charge in [-0.05, 0) is 43.5 Å². The molecule has 2 bridgehead atoms. The highest BCUT2D eigenvalue weighted by Crippen LogP contribution is 2.59. The van der Waals surface area contributed by atoms with Crippen LogP contribution in [0, 0.1) is 11.8 Å². The van der Waals surface area contributed by atoms with Gasteiger partial charge >= 0.3 is 5.97 Å². The van der Waals surface area contributed by atoms with Crippen LogP contribution in [0.2, 0.25) is 5.02 Å². The first-order valence-electron chi connectivity index (χ1n) is 11.9. The fourth-order valence-corrected chi connectivity index (χ4v) is 6.03. The van der Waals surface area contributed by atoms with Crippen LogP contribution in [-0.2, 0) is 23.9 Å². The Kier molecular flexibility index (Phi) is 7.35. The molecule has 1 aromatic rings. The third-order valence-corrected chi connectivity index (χ3v) is 7.63. The van der Waals surface area contributed by atoms with Crippen LogP contribution in [0.3, 0.4) is 0 Å². The maximum Gasteiger partial charge on any atom is 0.312 e. The molecule has 2 amide bonds. The Morgan fingerprint density at radius 1 is 1.34 bits per heavy atom. The lowest BCUT2D eigenvalue weighted by molar-refractivity contribution is -0.154. The van der Waals surface area contributed by atoms with Crippen molar-refractivity contribution < 1.29 is 29.0 Å². The van der Waals surface area contributed by atoms with E-state index in [0.717, 1.165) is 0 Å². The van der Waals surface area contributed by atoms with E-state index in [1.165, 1.54) is 15.9 Å². The minimum absolute atomic E-state index is 0.0277. The van der Waals surface area contributed by atoms with Crippen molar-refractivity contribution in [3.63, 3.8) is 0 Å². The third kappa shape index (κ3) is 4.07. The van der Waals surface area contributed by atoms with Crippen LogP contribution in [-0.4, -0.2) is 71.3 Å². The molecule has 0 saturated carbocycles. The number of benzene rings is 1. The van der Waals surface area contributed by atoms with Gasteiger partial charge in [0.05, 0.1) is 30.6 Å². The Bertz CT molecular complexity index is 1010. The summed E-state index contributed by atoms with van der Waals surface area (Å²) in [5.74, 6) is -2.90. The monoisotopic (exact) mass is 502 g/mol. The molecule has 3 heterocycles. The SMILES string of the molecule is C=CCOC(=O)[C@@H]1[C@@H]2CCC3(O2)C(C(=O)N(CC=C)c2ccc(Cl)cc2)N([C@@H](CC)CO)C(=O)[C@H]13. The summed E-state index contributed by atoms with van der Waals surface area (Å²) in [6.45, 7) is 9.12. The summed E-state index contributed by atoms with van der Waals surface area (Å²) in [7, 11) is 0. The summed E-state index contributed by atoms with van der Waals surface area (Å²) in [5.41, 5.74) is -0.580. The highest BCUT2D eigenvalue weighted by Gasteiger charge is 2.75. The number of ether oxygens (including phenoxy) is 2.